The van der Waals surface area contributed by atoms with Crippen LogP contribution in [0.15, 0.2) is 18.2 Å². The van der Waals surface area contributed by atoms with Crippen molar-refractivity contribution in [1.82, 2.24) is 26.3 Å². The van der Waals surface area contributed by atoms with E-state index in [4.69, 9.17) is 0 Å². The Hall–Kier alpha value is -1.70. The molecule has 0 spiro atoms. The van der Waals surface area contributed by atoms with Crippen LogP contribution in [0.25, 0.3) is 0 Å². The molecule has 0 fully saturated rings. The topological polar surface area (TPSA) is 95.1 Å². The maximum atomic E-state index is 11.9. The number of carbonyl (C=O) groups is 2. The highest BCUT2D eigenvalue weighted by atomic mass is 35.5. The molecule has 2 bridgehead atoms. The highest BCUT2D eigenvalue weighted by molar-refractivity contribution is 5.96. The van der Waals surface area contributed by atoms with Crippen LogP contribution in [0.4, 0.5) is 0 Å². The van der Waals surface area contributed by atoms with Crippen molar-refractivity contribution in [2.45, 2.75) is 6.42 Å². The quantitative estimate of drug-likeness (QED) is 0.517. The van der Waals surface area contributed by atoms with Crippen LogP contribution in [0.1, 0.15) is 27.4 Å². The first-order chi connectivity index (χ1) is 10.3. The van der Waals surface area contributed by atoms with Gasteiger partial charge in [-0.05, 0) is 31.6 Å². The number of hydrogen-bond acceptors (Lipinski definition) is 5. The molecule has 2 heterocycles. The van der Waals surface area contributed by atoms with Gasteiger partial charge in [-0.2, -0.15) is 0 Å². The molecule has 1 aromatic rings. The Kier molecular flexibility index (Phi) is 8.42. The second kappa shape index (κ2) is 10.1. The van der Waals surface area contributed by atoms with Gasteiger partial charge in [-0.25, -0.2) is 4.98 Å². The SMILES string of the molecule is Cl.O=C1NCCNCCCNCCNC(=O)c2cccc1n2. The average Bonchev–Trinajstić information content (AvgIpc) is 2.51. The number of carbonyl (C=O) groups excluding carboxylic acids is 2. The van der Waals surface area contributed by atoms with Crippen LogP contribution in [-0.4, -0.2) is 56.1 Å². The fourth-order valence-corrected chi connectivity index (χ4v) is 1.99. The average molecular weight is 328 g/mol. The molecule has 7 nitrogen and oxygen atoms in total. The van der Waals surface area contributed by atoms with Gasteiger partial charge in [0, 0.05) is 26.2 Å². The number of amides is 2. The Bertz CT molecular complexity index is 459. The second-order valence-electron chi connectivity index (χ2n) is 4.77. The predicted octanol–water partition coefficient (Wildman–Crippen LogP) is -0.454. The van der Waals surface area contributed by atoms with Gasteiger partial charge in [0.25, 0.3) is 11.8 Å². The van der Waals surface area contributed by atoms with Gasteiger partial charge in [0.15, 0.2) is 0 Å². The highest BCUT2D eigenvalue weighted by Crippen LogP contribution is 1.99. The van der Waals surface area contributed by atoms with Gasteiger partial charge in [0.05, 0.1) is 0 Å². The first-order valence-electron chi connectivity index (χ1n) is 7.22. The molecule has 0 unspecified atom stereocenters. The van der Waals surface area contributed by atoms with Crippen molar-refractivity contribution in [3.05, 3.63) is 29.6 Å². The molecule has 0 aromatic carbocycles. The Morgan fingerprint density at radius 1 is 0.773 bits per heavy atom. The summed E-state index contributed by atoms with van der Waals surface area (Å²) in [5, 5.41) is 12.1. The minimum atomic E-state index is -0.264. The first-order valence-corrected chi connectivity index (χ1v) is 7.22. The van der Waals surface area contributed by atoms with Crippen LogP contribution in [0, 0.1) is 0 Å². The molecule has 2 rings (SSSR count). The maximum Gasteiger partial charge on any atom is 0.269 e. The smallest absolute Gasteiger partial charge is 0.269 e. The van der Waals surface area contributed by atoms with E-state index in [1.807, 2.05) is 0 Å². The molecule has 0 saturated carbocycles. The summed E-state index contributed by atoms with van der Waals surface area (Å²) in [7, 11) is 0. The van der Waals surface area contributed by atoms with Crippen LogP contribution < -0.4 is 21.3 Å². The van der Waals surface area contributed by atoms with Crippen molar-refractivity contribution >= 4 is 24.2 Å². The van der Waals surface area contributed by atoms with E-state index < -0.39 is 0 Å². The van der Waals surface area contributed by atoms with E-state index in [9.17, 15) is 9.59 Å². The summed E-state index contributed by atoms with van der Waals surface area (Å²) in [5.74, 6) is -0.527. The lowest BCUT2D eigenvalue weighted by Crippen LogP contribution is -2.36. The molecule has 1 aromatic heterocycles. The maximum absolute atomic E-state index is 11.9. The summed E-state index contributed by atoms with van der Waals surface area (Å²) in [5.41, 5.74) is 0.515. The summed E-state index contributed by atoms with van der Waals surface area (Å²) in [6.45, 7) is 4.28. The molecule has 1 aliphatic rings. The van der Waals surface area contributed by atoms with Gasteiger partial charge < -0.3 is 21.3 Å². The molecule has 1 aliphatic heterocycles. The Morgan fingerprint density at radius 2 is 1.27 bits per heavy atom. The van der Waals surface area contributed by atoms with Crippen LogP contribution in [0.3, 0.4) is 0 Å². The molecule has 0 aliphatic carbocycles. The lowest BCUT2D eigenvalue weighted by Gasteiger charge is -2.10. The summed E-state index contributed by atoms with van der Waals surface area (Å²) >= 11 is 0. The molecule has 22 heavy (non-hydrogen) atoms. The number of fused-ring (bicyclic) bond motifs is 2. The predicted molar refractivity (Wildman–Crippen MR) is 86.5 cm³/mol. The van der Waals surface area contributed by atoms with Crippen molar-refractivity contribution in [2.24, 2.45) is 0 Å². The summed E-state index contributed by atoms with van der Waals surface area (Å²) < 4.78 is 0. The number of hydrogen-bond donors (Lipinski definition) is 4. The zero-order valence-corrected chi connectivity index (χ0v) is 13.2. The molecule has 122 valence electrons. The van der Waals surface area contributed by atoms with Crippen molar-refractivity contribution in [2.75, 3.05) is 39.3 Å². The minimum absolute atomic E-state index is 0. The normalized spacial score (nSPS) is 17.8. The Labute approximate surface area is 136 Å². The zero-order chi connectivity index (χ0) is 14.9. The van der Waals surface area contributed by atoms with Crippen molar-refractivity contribution in [3.8, 4) is 0 Å². The van der Waals surface area contributed by atoms with Gasteiger partial charge in [0.1, 0.15) is 11.4 Å². The lowest BCUT2D eigenvalue weighted by molar-refractivity contribution is 0.0944. The standard InChI is InChI=1S/C14H21N5O2.ClH/c20-13-11-3-1-4-12(19-11)14(21)18-10-8-16-6-2-5-15-7-9-17-13;/h1,3-4,15-16H,2,5-10H2,(H,17,20)(H,18,21);1H. The zero-order valence-electron chi connectivity index (χ0n) is 12.4. The van der Waals surface area contributed by atoms with Crippen LogP contribution in [0.5, 0.6) is 0 Å². The van der Waals surface area contributed by atoms with E-state index in [1.54, 1.807) is 18.2 Å². The number of halogens is 1. The summed E-state index contributed by atoms with van der Waals surface area (Å²) in [6.07, 6.45) is 1.00. The first kappa shape index (κ1) is 18.3. The largest absolute Gasteiger partial charge is 0.349 e. The molecular formula is C14H22ClN5O2. The molecule has 4 N–H and O–H groups in total. The van der Waals surface area contributed by atoms with Crippen molar-refractivity contribution in [3.63, 3.8) is 0 Å². The van der Waals surface area contributed by atoms with Gasteiger partial charge in [-0.3, -0.25) is 9.59 Å². The lowest BCUT2D eigenvalue weighted by atomic mass is 10.2. The summed E-state index contributed by atoms with van der Waals surface area (Å²) in [4.78, 5) is 28.0. The second-order valence-corrected chi connectivity index (χ2v) is 4.77. The number of nitrogens with one attached hydrogen (secondary N) is 4. The van der Waals surface area contributed by atoms with Crippen molar-refractivity contribution < 1.29 is 9.59 Å². The molecule has 0 radical (unpaired) electrons. The van der Waals surface area contributed by atoms with E-state index >= 15 is 0 Å². The number of pyridine rings is 1. The molecule has 2 amide bonds. The third-order valence-electron chi connectivity index (χ3n) is 3.10. The number of aromatic nitrogens is 1. The van der Waals surface area contributed by atoms with E-state index in [1.165, 1.54) is 0 Å². The molecular weight excluding hydrogens is 306 g/mol. The summed E-state index contributed by atoms with van der Waals surface area (Å²) in [6, 6.07) is 4.87. The number of nitrogens with zero attached hydrogens (tertiary/aromatic N) is 1. The molecule has 0 atom stereocenters. The van der Waals surface area contributed by atoms with E-state index in [0.717, 1.165) is 19.5 Å². The van der Waals surface area contributed by atoms with E-state index in [2.05, 4.69) is 26.3 Å². The van der Waals surface area contributed by atoms with Gasteiger partial charge in [0.2, 0.25) is 0 Å². The third kappa shape index (κ3) is 5.97. The molecule has 8 heteroatoms. The fourth-order valence-electron chi connectivity index (χ4n) is 1.99. The van der Waals surface area contributed by atoms with Crippen LogP contribution >= 0.6 is 12.4 Å². The monoisotopic (exact) mass is 327 g/mol. The Balaban J connectivity index is 0.00000242. The third-order valence-corrected chi connectivity index (χ3v) is 3.10. The van der Waals surface area contributed by atoms with E-state index in [0.29, 0.717) is 26.2 Å². The fraction of sp³-hybridized carbons (Fsp3) is 0.500. The van der Waals surface area contributed by atoms with Gasteiger partial charge >= 0.3 is 0 Å². The van der Waals surface area contributed by atoms with E-state index in [-0.39, 0.29) is 35.6 Å². The van der Waals surface area contributed by atoms with Gasteiger partial charge in [-0.1, -0.05) is 6.07 Å². The van der Waals surface area contributed by atoms with Crippen molar-refractivity contribution in [1.29, 1.82) is 0 Å². The van der Waals surface area contributed by atoms with Gasteiger partial charge in [-0.15, -0.1) is 12.4 Å². The Morgan fingerprint density at radius 3 is 1.77 bits per heavy atom. The minimum Gasteiger partial charge on any atom is -0.349 e. The molecule has 0 saturated heterocycles. The van der Waals surface area contributed by atoms with Crippen LogP contribution in [-0.2, 0) is 0 Å². The highest BCUT2D eigenvalue weighted by Gasteiger charge is 2.11. The number of rotatable bonds is 0. The van der Waals surface area contributed by atoms with Crippen LogP contribution in [0.2, 0.25) is 0 Å².